The molecule has 5 heteroatoms. The first-order valence-electron chi connectivity index (χ1n) is 14.5. The second-order valence-corrected chi connectivity index (χ2v) is 10.6. The number of hydrogen-bond donors (Lipinski definition) is 0. The first-order chi connectivity index (χ1) is 21.7. The lowest BCUT2D eigenvalue weighted by atomic mass is 10.0. The van der Waals surface area contributed by atoms with E-state index >= 15 is 0 Å². The van der Waals surface area contributed by atoms with Crippen LogP contribution < -0.4 is 0 Å². The first kappa shape index (κ1) is 25.7. The number of para-hydroxylation sites is 2. The zero-order chi connectivity index (χ0) is 29.5. The van der Waals surface area contributed by atoms with Crippen LogP contribution in [0.5, 0.6) is 0 Å². The highest BCUT2D eigenvalue weighted by Crippen LogP contribution is 2.38. The standard InChI is InChI=1S/C39H25FN4/c40-30-22-19-26(20-23-30)29-21-24-36(44-34-17-9-7-15-31(34)32-16-8-10-18-35(32)44)33(25-29)39-42-37(27-11-3-1-4-12-27)41-38(43-39)28-13-5-2-6-14-28/h1-25H. The van der Waals surface area contributed by atoms with Crippen molar-refractivity contribution in [3.05, 3.63) is 157 Å². The molecule has 44 heavy (non-hydrogen) atoms. The van der Waals surface area contributed by atoms with Gasteiger partial charge in [-0.05, 0) is 47.5 Å². The summed E-state index contributed by atoms with van der Waals surface area (Å²) >= 11 is 0. The Kier molecular flexibility index (Phi) is 6.27. The van der Waals surface area contributed by atoms with Crippen LogP contribution in [0.1, 0.15) is 0 Å². The molecule has 0 aliphatic heterocycles. The van der Waals surface area contributed by atoms with Crippen molar-refractivity contribution in [2.24, 2.45) is 0 Å². The molecule has 8 rings (SSSR count). The molecule has 0 saturated carbocycles. The van der Waals surface area contributed by atoms with Gasteiger partial charge < -0.3 is 4.57 Å². The second kappa shape index (κ2) is 10.7. The molecule has 0 amide bonds. The third-order valence-corrected chi connectivity index (χ3v) is 7.94. The lowest BCUT2D eigenvalue weighted by Gasteiger charge is -2.16. The molecule has 0 radical (unpaired) electrons. The fourth-order valence-electron chi connectivity index (χ4n) is 5.84. The largest absolute Gasteiger partial charge is 0.309 e. The maximum absolute atomic E-state index is 13.9. The van der Waals surface area contributed by atoms with Crippen molar-refractivity contribution < 1.29 is 4.39 Å². The topological polar surface area (TPSA) is 43.6 Å². The summed E-state index contributed by atoms with van der Waals surface area (Å²) in [5.74, 6) is 1.47. The summed E-state index contributed by atoms with van der Waals surface area (Å²) in [5.41, 5.74) is 7.61. The molecule has 8 aromatic rings. The Morgan fingerprint density at radius 2 is 0.886 bits per heavy atom. The van der Waals surface area contributed by atoms with Crippen molar-refractivity contribution in [2.45, 2.75) is 0 Å². The van der Waals surface area contributed by atoms with E-state index in [0.29, 0.717) is 17.5 Å². The maximum Gasteiger partial charge on any atom is 0.166 e. The number of aromatic nitrogens is 4. The highest BCUT2D eigenvalue weighted by molar-refractivity contribution is 6.09. The molecule has 2 heterocycles. The van der Waals surface area contributed by atoms with Gasteiger partial charge in [-0.15, -0.1) is 0 Å². The van der Waals surface area contributed by atoms with Crippen molar-refractivity contribution in [1.29, 1.82) is 0 Å². The summed E-state index contributed by atoms with van der Waals surface area (Å²) in [6.07, 6.45) is 0. The van der Waals surface area contributed by atoms with E-state index in [0.717, 1.165) is 44.5 Å². The van der Waals surface area contributed by atoms with E-state index in [4.69, 9.17) is 15.0 Å². The molecule has 0 saturated heterocycles. The van der Waals surface area contributed by atoms with Crippen LogP contribution in [0.2, 0.25) is 0 Å². The molecular weight excluding hydrogens is 543 g/mol. The van der Waals surface area contributed by atoms with E-state index in [1.54, 1.807) is 12.1 Å². The Labute approximate surface area is 253 Å². The van der Waals surface area contributed by atoms with Gasteiger partial charge in [0.2, 0.25) is 0 Å². The van der Waals surface area contributed by atoms with E-state index in [1.165, 1.54) is 22.9 Å². The van der Waals surface area contributed by atoms with Gasteiger partial charge >= 0.3 is 0 Å². The van der Waals surface area contributed by atoms with Crippen molar-refractivity contribution in [2.75, 3.05) is 0 Å². The average molecular weight is 569 g/mol. The molecule has 4 nitrogen and oxygen atoms in total. The smallest absolute Gasteiger partial charge is 0.166 e. The monoisotopic (exact) mass is 568 g/mol. The van der Waals surface area contributed by atoms with Gasteiger partial charge in [0, 0.05) is 27.5 Å². The highest BCUT2D eigenvalue weighted by atomic mass is 19.1. The molecule has 0 fully saturated rings. The summed E-state index contributed by atoms with van der Waals surface area (Å²) in [7, 11) is 0. The van der Waals surface area contributed by atoms with Crippen LogP contribution in [-0.4, -0.2) is 19.5 Å². The summed E-state index contributed by atoms with van der Waals surface area (Å²) in [5, 5.41) is 2.34. The number of benzene rings is 6. The summed E-state index contributed by atoms with van der Waals surface area (Å²) in [6.45, 7) is 0. The molecule has 0 aliphatic carbocycles. The highest BCUT2D eigenvalue weighted by Gasteiger charge is 2.20. The Balaban J connectivity index is 1.45. The molecule has 0 unspecified atom stereocenters. The van der Waals surface area contributed by atoms with Gasteiger partial charge in [-0.2, -0.15) is 0 Å². The van der Waals surface area contributed by atoms with Gasteiger partial charge in [-0.1, -0.05) is 115 Å². The first-order valence-corrected chi connectivity index (χ1v) is 14.5. The molecule has 0 spiro atoms. The zero-order valence-electron chi connectivity index (χ0n) is 23.6. The predicted molar refractivity (Wildman–Crippen MR) is 176 cm³/mol. The summed E-state index contributed by atoms with van der Waals surface area (Å²) in [4.78, 5) is 15.1. The Hall–Kier alpha value is -5.94. The number of nitrogens with zero attached hydrogens (tertiary/aromatic N) is 4. The third kappa shape index (κ3) is 4.52. The van der Waals surface area contributed by atoms with Gasteiger partial charge in [-0.25, -0.2) is 19.3 Å². The Bertz CT molecular complexity index is 2160. The molecule has 0 aliphatic rings. The number of halogens is 1. The van der Waals surface area contributed by atoms with Gasteiger partial charge in [0.15, 0.2) is 17.5 Å². The molecule has 2 aromatic heterocycles. The fourth-order valence-corrected chi connectivity index (χ4v) is 5.84. The van der Waals surface area contributed by atoms with Crippen molar-refractivity contribution in [3.8, 4) is 51.0 Å². The van der Waals surface area contributed by atoms with E-state index in [1.807, 2.05) is 60.7 Å². The lowest BCUT2D eigenvalue weighted by Crippen LogP contribution is -2.04. The van der Waals surface area contributed by atoms with Crippen LogP contribution in [0.3, 0.4) is 0 Å². The molecule has 0 N–H and O–H groups in total. The van der Waals surface area contributed by atoms with Gasteiger partial charge in [-0.3, -0.25) is 0 Å². The predicted octanol–water partition coefficient (Wildman–Crippen LogP) is 9.78. The lowest BCUT2D eigenvalue weighted by molar-refractivity contribution is 0.628. The number of fused-ring (bicyclic) bond motifs is 3. The number of rotatable bonds is 5. The van der Waals surface area contributed by atoms with Crippen molar-refractivity contribution in [1.82, 2.24) is 19.5 Å². The van der Waals surface area contributed by atoms with E-state index in [-0.39, 0.29) is 5.82 Å². The van der Waals surface area contributed by atoms with E-state index in [9.17, 15) is 4.39 Å². The molecule has 0 bridgehead atoms. The van der Waals surface area contributed by atoms with Gasteiger partial charge in [0.25, 0.3) is 0 Å². The van der Waals surface area contributed by atoms with Crippen LogP contribution in [-0.2, 0) is 0 Å². The molecule has 208 valence electrons. The zero-order valence-corrected chi connectivity index (χ0v) is 23.6. The van der Waals surface area contributed by atoms with E-state index < -0.39 is 0 Å². The number of hydrogen-bond acceptors (Lipinski definition) is 3. The van der Waals surface area contributed by atoms with Crippen molar-refractivity contribution in [3.63, 3.8) is 0 Å². The minimum absolute atomic E-state index is 0.270. The van der Waals surface area contributed by atoms with Crippen LogP contribution in [0.15, 0.2) is 152 Å². The van der Waals surface area contributed by atoms with Gasteiger partial charge in [0.1, 0.15) is 5.82 Å². The van der Waals surface area contributed by atoms with Crippen LogP contribution in [0.4, 0.5) is 4.39 Å². The molecule has 6 aromatic carbocycles. The quantitative estimate of drug-likeness (QED) is 0.208. The van der Waals surface area contributed by atoms with Crippen LogP contribution in [0.25, 0.3) is 72.8 Å². The molecular formula is C39H25FN4. The summed E-state index contributed by atoms with van der Waals surface area (Å²) < 4.78 is 16.2. The summed E-state index contributed by atoms with van der Waals surface area (Å²) in [6, 6.07) is 49.7. The SMILES string of the molecule is Fc1ccc(-c2ccc(-n3c4ccccc4c4ccccc43)c(-c3nc(-c4ccccc4)nc(-c4ccccc4)n3)c2)cc1. The Morgan fingerprint density at radius 1 is 0.409 bits per heavy atom. The minimum atomic E-state index is -0.270. The van der Waals surface area contributed by atoms with Crippen LogP contribution in [0, 0.1) is 5.82 Å². The second-order valence-electron chi connectivity index (χ2n) is 10.6. The maximum atomic E-state index is 13.9. The molecule has 0 atom stereocenters. The Morgan fingerprint density at radius 3 is 1.45 bits per heavy atom. The normalized spacial score (nSPS) is 11.3. The van der Waals surface area contributed by atoms with Crippen molar-refractivity contribution >= 4 is 21.8 Å². The fraction of sp³-hybridized carbons (Fsp3) is 0. The van der Waals surface area contributed by atoms with Crippen LogP contribution >= 0.6 is 0 Å². The third-order valence-electron chi connectivity index (χ3n) is 7.94. The van der Waals surface area contributed by atoms with Gasteiger partial charge in [0.05, 0.1) is 16.7 Å². The average Bonchev–Trinajstić information content (AvgIpc) is 3.43. The minimum Gasteiger partial charge on any atom is -0.309 e. The van der Waals surface area contributed by atoms with E-state index in [2.05, 4.69) is 71.3 Å².